The lowest BCUT2D eigenvalue weighted by atomic mass is 9.91. The molecule has 2 atom stereocenters. The lowest BCUT2D eigenvalue weighted by molar-refractivity contribution is 0.0983. The molecule has 2 nitrogen and oxygen atoms in total. The van der Waals surface area contributed by atoms with Crippen LogP contribution in [0.5, 0.6) is 0 Å². The Morgan fingerprint density at radius 2 is 2.22 bits per heavy atom. The lowest BCUT2D eigenvalue weighted by Gasteiger charge is -2.18. The van der Waals surface area contributed by atoms with Crippen LogP contribution in [-0.2, 0) is 11.2 Å². The van der Waals surface area contributed by atoms with Crippen LogP contribution < -0.4 is 5.73 Å². The molecule has 0 saturated carbocycles. The molecule has 2 heteroatoms. The summed E-state index contributed by atoms with van der Waals surface area (Å²) in [6.07, 6.45) is 6.44. The summed E-state index contributed by atoms with van der Waals surface area (Å²) < 4.78 is 5.68. The van der Waals surface area contributed by atoms with Gasteiger partial charge in [-0.1, -0.05) is 24.3 Å². The first-order chi connectivity index (χ1) is 8.79. The van der Waals surface area contributed by atoms with Crippen LogP contribution in [0.2, 0.25) is 0 Å². The maximum atomic E-state index is 5.91. The number of ether oxygens (including phenoxy) is 1. The van der Waals surface area contributed by atoms with Crippen molar-refractivity contribution < 1.29 is 4.74 Å². The molecule has 0 aliphatic carbocycles. The monoisotopic (exact) mass is 247 g/mol. The van der Waals surface area contributed by atoms with Crippen molar-refractivity contribution in [1.82, 2.24) is 0 Å². The number of hydrogen-bond acceptors (Lipinski definition) is 2. The molecule has 1 aliphatic rings. The second-order valence-corrected chi connectivity index (χ2v) is 5.44. The van der Waals surface area contributed by atoms with Crippen LogP contribution in [0.15, 0.2) is 24.3 Å². The Morgan fingerprint density at radius 1 is 1.39 bits per heavy atom. The van der Waals surface area contributed by atoms with Gasteiger partial charge in [0.25, 0.3) is 0 Å². The van der Waals surface area contributed by atoms with E-state index in [0.717, 1.165) is 19.6 Å². The zero-order valence-corrected chi connectivity index (χ0v) is 11.4. The normalized spacial score (nSPS) is 21.1. The Morgan fingerprint density at radius 3 is 2.89 bits per heavy atom. The van der Waals surface area contributed by atoms with Crippen LogP contribution in [0.25, 0.3) is 0 Å². The first-order valence-electron chi connectivity index (χ1n) is 7.15. The highest BCUT2D eigenvalue weighted by Crippen LogP contribution is 2.22. The van der Waals surface area contributed by atoms with Crippen molar-refractivity contribution in [2.24, 2.45) is 11.7 Å². The van der Waals surface area contributed by atoms with Crippen LogP contribution in [0.1, 0.15) is 36.8 Å². The highest BCUT2D eigenvalue weighted by atomic mass is 16.5. The molecule has 2 unspecified atom stereocenters. The Bertz CT molecular complexity index is 358. The summed E-state index contributed by atoms with van der Waals surface area (Å²) in [5.41, 5.74) is 8.74. The van der Waals surface area contributed by atoms with Crippen molar-refractivity contribution in [3.05, 3.63) is 35.4 Å². The topological polar surface area (TPSA) is 35.2 Å². The minimum absolute atomic E-state index is 0.496. The molecule has 1 aromatic carbocycles. The fraction of sp³-hybridized carbons (Fsp3) is 0.625. The predicted octanol–water partition coefficient (Wildman–Crippen LogP) is 3.07. The van der Waals surface area contributed by atoms with Crippen LogP contribution in [0, 0.1) is 12.8 Å². The van der Waals surface area contributed by atoms with E-state index in [1.165, 1.54) is 36.8 Å². The molecule has 2 rings (SSSR count). The first-order valence-corrected chi connectivity index (χ1v) is 7.15. The quantitative estimate of drug-likeness (QED) is 0.838. The van der Waals surface area contributed by atoms with E-state index in [2.05, 4.69) is 31.2 Å². The van der Waals surface area contributed by atoms with E-state index in [-0.39, 0.29) is 0 Å². The zero-order chi connectivity index (χ0) is 12.8. The maximum absolute atomic E-state index is 5.91. The molecule has 100 valence electrons. The summed E-state index contributed by atoms with van der Waals surface area (Å²) in [5.74, 6) is 0.593. The summed E-state index contributed by atoms with van der Waals surface area (Å²) in [6, 6.07) is 8.63. The molecule has 1 saturated heterocycles. The zero-order valence-electron chi connectivity index (χ0n) is 11.4. The Hall–Kier alpha value is -0.860. The van der Waals surface area contributed by atoms with E-state index in [0.29, 0.717) is 12.0 Å². The molecular formula is C16H25NO. The molecule has 0 radical (unpaired) electrons. The van der Waals surface area contributed by atoms with E-state index in [1.807, 2.05) is 0 Å². The molecule has 1 aromatic rings. The summed E-state index contributed by atoms with van der Waals surface area (Å²) in [6.45, 7) is 3.92. The van der Waals surface area contributed by atoms with Gasteiger partial charge in [0.15, 0.2) is 0 Å². The molecule has 0 amide bonds. The van der Waals surface area contributed by atoms with E-state index in [1.54, 1.807) is 0 Å². The predicted molar refractivity (Wildman–Crippen MR) is 75.6 cm³/mol. The number of benzene rings is 1. The average Bonchev–Trinajstić information content (AvgIpc) is 2.90. The third-order valence-corrected chi connectivity index (χ3v) is 4.02. The fourth-order valence-corrected chi connectivity index (χ4v) is 2.75. The maximum Gasteiger partial charge on any atom is 0.0576 e. The van der Waals surface area contributed by atoms with Gasteiger partial charge in [0.2, 0.25) is 0 Å². The second kappa shape index (κ2) is 6.91. The number of hydrogen-bond donors (Lipinski definition) is 1. The van der Waals surface area contributed by atoms with Gasteiger partial charge in [-0.05, 0) is 62.6 Å². The number of rotatable bonds is 6. The van der Waals surface area contributed by atoms with Crippen molar-refractivity contribution in [3.63, 3.8) is 0 Å². The van der Waals surface area contributed by atoms with Gasteiger partial charge in [0.05, 0.1) is 6.10 Å². The van der Waals surface area contributed by atoms with Gasteiger partial charge in [-0.15, -0.1) is 0 Å². The van der Waals surface area contributed by atoms with Crippen LogP contribution >= 0.6 is 0 Å². The molecule has 0 spiro atoms. The third-order valence-electron chi connectivity index (χ3n) is 4.02. The largest absolute Gasteiger partial charge is 0.378 e. The Labute approximate surface area is 111 Å². The first kappa shape index (κ1) is 13.6. The molecule has 2 N–H and O–H groups in total. The minimum Gasteiger partial charge on any atom is -0.378 e. The third kappa shape index (κ3) is 3.82. The minimum atomic E-state index is 0.496. The molecule has 1 fully saturated rings. The Balaban J connectivity index is 1.83. The average molecular weight is 247 g/mol. The highest BCUT2D eigenvalue weighted by Gasteiger charge is 2.17. The summed E-state index contributed by atoms with van der Waals surface area (Å²) >= 11 is 0. The SMILES string of the molecule is Cc1ccccc1CC(CN)CCC1CCCO1. The van der Waals surface area contributed by atoms with E-state index < -0.39 is 0 Å². The van der Waals surface area contributed by atoms with Gasteiger partial charge in [-0.2, -0.15) is 0 Å². The van der Waals surface area contributed by atoms with Crippen molar-refractivity contribution in [1.29, 1.82) is 0 Å². The smallest absolute Gasteiger partial charge is 0.0576 e. The molecular weight excluding hydrogens is 222 g/mol. The van der Waals surface area contributed by atoms with Gasteiger partial charge in [0, 0.05) is 6.61 Å². The summed E-state index contributed by atoms with van der Waals surface area (Å²) in [5, 5.41) is 0. The van der Waals surface area contributed by atoms with Crippen molar-refractivity contribution in [3.8, 4) is 0 Å². The van der Waals surface area contributed by atoms with Gasteiger partial charge in [-0.3, -0.25) is 0 Å². The Kier molecular flexibility index (Phi) is 5.21. The van der Waals surface area contributed by atoms with Crippen LogP contribution in [0.3, 0.4) is 0 Å². The molecule has 1 heterocycles. The van der Waals surface area contributed by atoms with E-state index >= 15 is 0 Å². The number of aryl methyl sites for hydroxylation is 1. The fourth-order valence-electron chi connectivity index (χ4n) is 2.75. The van der Waals surface area contributed by atoms with Crippen LogP contribution in [0.4, 0.5) is 0 Å². The number of nitrogens with two attached hydrogens (primary N) is 1. The van der Waals surface area contributed by atoms with Gasteiger partial charge >= 0.3 is 0 Å². The molecule has 18 heavy (non-hydrogen) atoms. The summed E-state index contributed by atoms with van der Waals surface area (Å²) in [4.78, 5) is 0. The van der Waals surface area contributed by atoms with Gasteiger partial charge < -0.3 is 10.5 Å². The van der Waals surface area contributed by atoms with Crippen molar-refractivity contribution >= 4 is 0 Å². The lowest BCUT2D eigenvalue weighted by Crippen LogP contribution is -2.19. The molecule has 1 aliphatic heterocycles. The summed E-state index contributed by atoms with van der Waals surface area (Å²) in [7, 11) is 0. The molecule has 0 bridgehead atoms. The van der Waals surface area contributed by atoms with E-state index in [4.69, 9.17) is 10.5 Å². The van der Waals surface area contributed by atoms with Gasteiger partial charge in [0.1, 0.15) is 0 Å². The second-order valence-electron chi connectivity index (χ2n) is 5.44. The van der Waals surface area contributed by atoms with E-state index in [9.17, 15) is 0 Å². The van der Waals surface area contributed by atoms with Crippen molar-refractivity contribution in [2.75, 3.05) is 13.2 Å². The standard InChI is InChI=1S/C16H25NO/c1-13-5-2-3-6-15(13)11-14(12-17)8-9-16-7-4-10-18-16/h2-3,5-6,14,16H,4,7-12,17H2,1H3. The highest BCUT2D eigenvalue weighted by molar-refractivity contribution is 5.25. The van der Waals surface area contributed by atoms with Gasteiger partial charge in [-0.25, -0.2) is 0 Å². The van der Waals surface area contributed by atoms with Crippen LogP contribution in [-0.4, -0.2) is 19.3 Å². The molecule has 0 aromatic heterocycles. The van der Waals surface area contributed by atoms with Crippen molar-refractivity contribution in [2.45, 2.75) is 45.1 Å².